The molecule has 2 aliphatic rings. The number of rotatable bonds is 6. The van der Waals surface area contributed by atoms with Crippen molar-refractivity contribution < 1.29 is 18.4 Å². The molecule has 208 valence electrons. The van der Waals surface area contributed by atoms with Crippen molar-refractivity contribution in [1.29, 1.82) is 0 Å². The number of ether oxygens (including phenoxy) is 1. The van der Waals surface area contributed by atoms with Gasteiger partial charge in [0.05, 0.1) is 13.2 Å². The van der Waals surface area contributed by atoms with Gasteiger partial charge in [0.25, 0.3) is 0 Å². The van der Waals surface area contributed by atoms with Crippen LogP contribution in [0.25, 0.3) is 5.57 Å². The lowest BCUT2D eigenvalue weighted by Gasteiger charge is -2.53. The van der Waals surface area contributed by atoms with Gasteiger partial charge in [-0.2, -0.15) is 0 Å². The molecule has 0 aromatic heterocycles. The molecule has 0 fully saturated rings. The first-order valence-corrected chi connectivity index (χ1v) is 19.7. The van der Waals surface area contributed by atoms with Crippen molar-refractivity contribution in [2.45, 2.75) is 124 Å². The lowest BCUT2D eigenvalue weighted by molar-refractivity contribution is -0.118. The Hall–Kier alpha value is -1.22. The summed E-state index contributed by atoms with van der Waals surface area (Å²) >= 11 is 0. The van der Waals surface area contributed by atoms with E-state index in [1.54, 1.807) is 7.11 Å². The molecule has 6 heteroatoms. The summed E-state index contributed by atoms with van der Waals surface area (Å²) in [6.07, 6.45) is -0.127. The van der Waals surface area contributed by atoms with Gasteiger partial charge < -0.3 is 13.6 Å². The number of methoxy groups -OCH3 is 1. The number of ketones is 1. The Morgan fingerprint density at radius 3 is 1.92 bits per heavy atom. The van der Waals surface area contributed by atoms with Gasteiger partial charge in [-0.1, -0.05) is 68.4 Å². The van der Waals surface area contributed by atoms with Crippen molar-refractivity contribution in [2.24, 2.45) is 11.3 Å². The van der Waals surface area contributed by atoms with E-state index in [0.717, 1.165) is 33.6 Å². The number of hydrogen-bond donors (Lipinski definition) is 0. The number of Topliss-reactive ketones (excluding diaryl/α,β-unsaturated/α-hetero) is 1. The largest absolute Gasteiger partial charge is 0.496 e. The van der Waals surface area contributed by atoms with Gasteiger partial charge in [-0.3, -0.25) is 4.79 Å². The number of carbonyl (C=O) groups excluding carboxylic acids is 1. The third kappa shape index (κ3) is 5.08. The normalized spacial score (nSPS) is 25.0. The summed E-state index contributed by atoms with van der Waals surface area (Å²) in [5.41, 5.74) is 4.94. The Kier molecular flexibility index (Phi) is 7.75. The van der Waals surface area contributed by atoms with Crippen molar-refractivity contribution in [1.82, 2.24) is 0 Å². The van der Waals surface area contributed by atoms with Crippen molar-refractivity contribution in [3.05, 3.63) is 34.4 Å². The monoisotopic (exact) mass is 544 g/mol. The summed E-state index contributed by atoms with van der Waals surface area (Å²) < 4.78 is 20.8. The van der Waals surface area contributed by atoms with Crippen molar-refractivity contribution in [3.63, 3.8) is 0 Å². The minimum Gasteiger partial charge on any atom is -0.496 e. The Bertz CT molecular complexity index is 1100. The molecule has 0 heterocycles. The number of fused-ring (bicyclic) bond motifs is 3. The molecule has 2 aliphatic carbocycles. The number of benzene rings is 1. The number of hydrogen-bond acceptors (Lipinski definition) is 4. The average Bonchev–Trinajstić information content (AvgIpc) is 2.99. The fourth-order valence-corrected chi connectivity index (χ4v) is 8.09. The second-order valence-electron chi connectivity index (χ2n) is 15.0. The van der Waals surface area contributed by atoms with E-state index in [4.69, 9.17) is 13.6 Å². The SMILES string of the molecule is COc1cc(C)cc2c1[C@H](O[Si](C)(C)C(C)(C)C)[C@H](O[Si](C)(C)C(C)(C)C)[C@]1(C)CC(=O)C(C(C)C)=C21. The first-order chi connectivity index (χ1) is 16.6. The minimum absolute atomic E-state index is 0.0237. The van der Waals surface area contributed by atoms with Crippen LogP contribution in [0.5, 0.6) is 5.75 Å². The Labute approximate surface area is 228 Å². The number of aryl methyl sites for hydroxylation is 1. The van der Waals surface area contributed by atoms with Crippen molar-refractivity contribution >= 4 is 28.0 Å². The first-order valence-electron chi connectivity index (χ1n) is 13.9. The Balaban J connectivity index is 2.45. The fourth-order valence-electron chi connectivity index (χ4n) is 5.49. The summed E-state index contributed by atoms with van der Waals surface area (Å²) in [5, 5.41) is 0.0497. The molecule has 1 aromatic rings. The van der Waals surface area contributed by atoms with Crippen LogP contribution in [0.3, 0.4) is 0 Å². The molecule has 0 bridgehead atoms. The van der Waals surface area contributed by atoms with Crippen molar-refractivity contribution in [2.75, 3.05) is 7.11 Å². The van der Waals surface area contributed by atoms with E-state index < -0.39 is 22.0 Å². The van der Waals surface area contributed by atoms with Gasteiger partial charge in [-0.05, 0) is 71.9 Å². The van der Waals surface area contributed by atoms with Crippen LogP contribution in [0.4, 0.5) is 0 Å². The van der Waals surface area contributed by atoms with Gasteiger partial charge in [0.1, 0.15) is 11.9 Å². The molecule has 0 radical (unpaired) electrons. The summed E-state index contributed by atoms with van der Waals surface area (Å²) in [7, 11) is -2.72. The molecule has 0 saturated heterocycles. The first kappa shape index (κ1) is 30.3. The van der Waals surface area contributed by atoms with Gasteiger partial charge >= 0.3 is 0 Å². The van der Waals surface area contributed by atoms with Gasteiger partial charge in [-0.25, -0.2) is 0 Å². The summed E-state index contributed by atoms with van der Waals surface area (Å²) in [5.74, 6) is 1.21. The molecule has 0 spiro atoms. The number of allylic oxidation sites excluding steroid dienone is 1. The molecule has 1 aromatic carbocycles. The lowest BCUT2D eigenvalue weighted by Crippen LogP contribution is -2.55. The van der Waals surface area contributed by atoms with E-state index in [2.05, 4.69) is 108 Å². The molecular formula is C31H52O4Si2. The highest BCUT2D eigenvalue weighted by Crippen LogP contribution is 2.62. The third-order valence-electron chi connectivity index (χ3n) is 9.66. The zero-order valence-electron chi connectivity index (χ0n) is 26.2. The molecular weight excluding hydrogens is 493 g/mol. The summed E-state index contributed by atoms with van der Waals surface area (Å²) in [4.78, 5) is 13.7. The maximum atomic E-state index is 13.7. The molecule has 0 aliphatic heterocycles. The Morgan fingerprint density at radius 2 is 1.46 bits per heavy atom. The molecule has 0 amide bonds. The molecule has 0 saturated carbocycles. The predicted molar refractivity (Wildman–Crippen MR) is 160 cm³/mol. The zero-order valence-corrected chi connectivity index (χ0v) is 28.2. The highest BCUT2D eigenvalue weighted by molar-refractivity contribution is 6.74. The van der Waals surface area contributed by atoms with Crippen LogP contribution in [-0.4, -0.2) is 35.6 Å². The minimum atomic E-state index is -2.23. The summed E-state index contributed by atoms with van der Waals surface area (Å²) in [6, 6.07) is 4.36. The fraction of sp³-hybridized carbons (Fsp3) is 0.710. The van der Waals surface area contributed by atoms with Crippen LogP contribution in [-0.2, 0) is 13.6 Å². The molecule has 3 atom stereocenters. The van der Waals surface area contributed by atoms with Crippen LogP contribution in [0.15, 0.2) is 17.7 Å². The van der Waals surface area contributed by atoms with E-state index in [-0.39, 0.29) is 34.0 Å². The Morgan fingerprint density at radius 1 is 0.946 bits per heavy atom. The molecule has 37 heavy (non-hydrogen) atoms. The lowest BCUT2D eigenvalue weighted by atomic mass is 9.65. The summed E-state index contributed by atoms with van der Waals surface area (Å²) in [6.45, 7) is 31.6. The number of carbonyl (C=O) groups is 1. The standard InChI is InChI=1S/C31H52O4Si2/c1-19(2)24-22(32)18-31(10)26(24)21-16-20(3)17-23(33-11)25(21)27(34-36(12,13)29(4,5)6)28(31)35-37(14,15)30(7,8)9/h16-17,19,27-28H,18H2,1-15H3/t27-,28-,31+/m0/s1. The maximum Gasteiger partial charge on any atom is 0.193 e. The van der Waals surface area contributed by atoms with Crippen LogP contribution < -0.4 is 4.74 Å². The average molecular weight is 545 g/mol. The third-order valence-corrected chi connectivity index (χ3v) is 18.6. The maximum absolute atomic E-state index is 13.7. The predicted octanol–water partition coefficient (Wildman–Crippen LogP) is 8.86. The highest BCUT2D eigenvalue weighted by Gasteiger charge is 2.59. The van der Waals surface area contributed by atoms with Crippen LogP contribution in [0.1, 0.15) is 91.5 Å². The zero-order chi connectivity index (χ0) is 28.5. The van der Waals surface area contributed by atoms with Gasteiger partial charge in [-0.15, -0.1) is 0 Å². The van der Waals surface area contributed by atoms with E-state index in [1.807, 2.05) is 0 Å². The van der Waals surface area contributed by atoms with Crippen molar-refractivity contribution in [3.8, 4) is 5.75 Å². The highest BCUT2D eigenvalue weighted by atomic mass is 28.4. The molecule has 3 rings (SSSR count). The van der Waals surface area contributed by atoms with Gasteiger partial charge in [0.2, 0.25) is 0 Å². The second-order valence-corrected chi connectivity index (χ2v) is 24.5. The quantitative estimate of drug-likeness (QED) is 0.336. The van der Waals surface area contributed by atoms with Crippen LogP contribution in [0.2, 0.25) is 36.3 Å². The smallest absolute Gasteiger partial charge is 0.193 e. The van der Waals surface area contributed by atoms with E-state index in [9.17, 15) is 4.79 Å². The topological polar surface area (TPSA) is 44.8 Å². The molecule has 0 unspecified atom stereocenters. The van der Waals surface area contributed by atoms with Crippen LogP contribution >= 0.6 is 0 Å². The van der Waals surface area contributed by atoms with Gasteiger partial charge in [0.15, 0.2) is 22.4 Å². The van der Waals surface area contributed by atoms with E-state index in [1.165, 1.54) is 0 Å². The second kappa shape index (κ2) is 9.46. The van der Waals surface area contributed by atoms with E-state index >= 15 is 0 Å². The van der Waals surface area contributed by atoms with E-state index in [0.29, 0.717) is 6.42 Å². The van der Waals surface area contributed by atoms with Crippen LogP contribution in [0, 0.1) is 18.3 Å². The molecule has 4 nitrogen and oxygen atoms in total. The van der Waals surface area contributed by atoms with Gasteiger partial charge in [0, 0.05) is 23.0 Å². The molecule has 0 N–H and O–H groups in total.